The van der Waals surface area contributed by atoms with Gasteiger partial charge in [-0.15, -0.1) is 11.3 Å². The van der Waals surface area contributed by atoms with E-state index in [2.05, 4.69) is 24.2 Å². The monoisotopic (exact) mass is 747 g/mol. The van der Waals surface area contributed by atoms with Crippen molar-refractivity contribution < 1.29 is 33.8 Å². The van der Waals surface area contributed by atoms with E-state index in [-0.39, 0.29) is 35.0 Å². The van der Waals surface area contributed by atoms with Gasteiger partial charge in [-0.3, -0.25) is 19.7 Å². The number of carbonyl (C=O) groups excluding carboxylic acids is 4. The Morgan fingerprint density at radius 1 is 0.811 bits per heavy atom. The molecule has 0 aliphatic heterocycles. The van der Waals surface area contributed by atoms with Crippen LogP contribution in [0.5, 0.6) is 0 Å². The second kappa shape index (κ2) is 19.1. The van der Waals surface area contributed by atoms with Crippen LogP contribution in [0.15, 0.2) is 34.6 Å². The van der Waals surface area contributed by atoms with E-state index in [1.54, 1.807) is 39.8 Å². The maximum Gasteiger partial charge on any atom is 0.337 e. The van der Waals surface area contributed by atoms with Crippen LogP contribution < -0.4 is 0 Å². The molecule has 4 rings (SSSR count). The molecule has 0 atom stereocenters. The minimum Gasteiger partial charge on any atom is -0.318 e. The summed E-state index contributed by atoms with van der Waals surface area (Å²) in [6.07, 6.45) is 9.66. The number of aryl methyl sites for hydroxylation is 1. The third-order valence-corrected chi connectivity index (χ3v) is 10.9. The molecule has 2 aromatic carbocycles. The molecule has 1 aliphatic carbocycles. The summed E-state index contributed by atoms with van der Waals surface area (Å²) in [4.78, 5) is 75.3. The van der Waals surface area contributed by atoms with Gasteiger partial charge < -0.3 is 9.68 Å². The smallest absolute Gasteiger partial charge is 0.318 e. The first-order valence-electron chi connectivity index (χ1n) is 19.0. The zero-order valence-corrected chi connectivity index (χ0v) is 32.9. The predicted molar refractivity (Wildman–Crippen MR) is 210 cm³/mol. The van der Waals surface area contributed by atoms with Gasteiger partial charge in [0.05, 0.1) is 16.8 Å². The van der Waals surface area contributed by atoms with Gasteiger partial charge in [-0.05, 0) is 61.3 Å². The Bertz CT molecular complexity index is 1900. The molecule has 1 saturated carbocycles. The number of Topliss-reactive ketones (excluding diaryl/α,β-unsaturated/α-hetero) is 2. The van der Waals surface area contributed by atoms with Crippen LogP contribution in [0, 0.1) is 33.8 Å². The van der Waals surface area contributed by atoms with Crippen molar-refractivity contribution in [1.82, 2.24) is 0 Å². The van der Waals surface area contributed by atoms with Crippen LogP contribution in [0.25, 0.3) is 20.2 Å². The van der Waals surface area contributed by atoms with Gasteiger partial charge in [0, 0.05) is 32.7 Å². The lowest BCUT2D eigenvalue weighted by molar-refractivity contribution is -0.382. The Hall–Kier alpha value is -4.32. The number of rotatable bonds is 18. The SMILES string of the molecule is CCC/C(=N\OC(=O)C(C)C)C(=O)c1cc(CCCCC(C)C)c2sc3c([N+](=O)[O-])cc(C(=O)/C(CC4CCCCC4)=N/OC(=O)C(C)C)cc3c2c1. The summed E-state index contributed by atoms with van der Waals surface area (Å²) >= 11 is 1.28. The molecule has 1 aliphatic rings. The number of thiophene rings is 1. The summed E-state index contributed by atoms with van der Waals surface area (Å²) in [7, 11) is 0. The molecule has 1 fully saturated rings. The average Bonchev–Trinajstić information content (AvgIpc) is 3.51. The van der Waals surface area contributed by atoms with E-state index < -0.39 is 40.3 Å². The molecule has 12 heteroatoms. The third kappa shape index (κ3) is 10.9. The molecule has 0 spiro atoms. The normalized spacial score (nSPS) is 14.5. The molecule has 11 nitrogen and oxygen atoms in total. The van der Waals surface area contributed by atoms with E-state index >= 15 is 0 Å². The van der Waals surface area contributed by atoms with Crippen molar-refractivity contribution in [3.63, 3.8) is 0 Å². The first-order valence-corrected chi connectivity index (χ1v) is 19.9. The lowest BCUT2D eigenvalue weighted by atomic mass is 9.84. The van der Waals surface area contributed by atoms with Crippen LogP contribution in [0.1, 0.15) is 145 Å². The number of non-ortho nitro benzene ring substituents is 1. The van der Waals surface area contributed by atoms with Crippen molar-refractivity contribution in [2.45, 2.75) is 126 Å². The lowest BCUT2D eigenvalue weighted by Gasteiger charge is -2.21. The Labute approximate surface area is 315 Å². The van der Waals surface area contributed by atoms with E-state index in [0.29, 0.717) is 46.2 Å². The molecule has 3 aromatic rings. The summed E-state index contributed by atoms with van der Waals surface area (Å²) in [5, 5.41) is 21.7. The molecule has 1 heterocycles. The molecular formula is C41H53N3O8S. The van der Waals surface area contributed by atoms with E-state index in [0.717, 1.165) is 61.6 Å². The van der Waals surface area contributed by atoms with Crippen molar-refractivity contribution >= 4 is 72.1 Å². The molecule has 286 valence electrons. The molecule has 0 amide bonds. The van der Waals surface area contributed by atoms with Gasteiger partial charge in [-0.2, -0.15) is 0 Å². The summed E-state index contributed by atoms with van der Waals surface area (Å²) in [5.74, 6) is -2.24. The fourth-order valence-corrected chi connectivity index (χ4v) is 7.79. The molecular weight excluding hydrogens is 695 g/mol. The number of benzene rings is 2. The van der Waals surface area contributed by atoms with Crippen molar-refractivity contribution in [2.75, 3.05) is 0 Å². The average molecular weight is 748 g/mol. The lowest BCUT2D eigenvalue weighted by Crippen LogP contribution is -2.22. The minimum absolute atomic E-state index is 0.0529. The highest BCUT2D eigenvalue weighted by atomic mass is 32.1. The van der Waals surface area contributed by atoms with E-state index in [1.165, 1.54) is 17.4 Å². The second-order valence-electron chi connectivity index (χ2n) is 15.2. The van der Waals surface area contributed by atoms with Crippen LogP contribution in [-0.2, 0) is 25.7 Å². The molecule has 0 saturated heterocycles. The molecule has 0 unspecified atom stereocenters. The van der Waals surface area contributed by atoms with Crippen LogP contribution in [-0.4, -0.2) is 39.9 Å². The second-order valence-corrected chi connectivity index (χ2v) is 16.2. The first kappa shape index (κ1) is 41.4. The Kier molecular flexibility index (Phi) is 15.0. The van der Waals surface area contributed by atoms with Gasteiger partial charge in [-0.1, -0.05) is 110 Å². The number of hydrogen-bond donors (Lipinski definition) is 0. The first-order chi connectivity index (χ1) is 25.2. The summed E-state index contributed by atoms with van der Waals surface area (Å²) < 4.78 is 1.19. The van der Waals surface area contributed by atoms with Crippen LogP contribution in [0.2, 0.25) is 0 Å². The van der Waals surface area contributed by atoms with Gasteiger partial charge in [0.1, 0.15) is 16.1 Å². The third-order valence-electron chi connectivity index (χ3n) is 9.58. The van der Waals surface area contributed by atoms with Gasteiger partial charge in [-0.25, -0.2) is 9.59 Å². The number of oxime groups is 2. The predicted octanol–water partition coefficient (Wildman–Crippen LogP) is 10.6. The number of fused-ring (bicyclic) bond motifs is 3. The van der Waals surface area contributed by atoms with Gasteiger partial charge in [0.15, 0.2) is 0 Å². The number of nitrogens with zero attached hydrogens (tertiary/aromatic N) is 3. The Morgan fingerprint density at radius 3 is 1.94 bits per heavy atom. The zero-order chi connectivity index (χ0) is 38.8. The number of nitro benzene ring substituents is 1. The summed E-state index contributed by atoms with van der Waals surface area (Å²) in [6.45, 7) is 12.9. The maximum absolute atomic E-state index is 14.2. The fourth-order valence-electron chi connectivity index (χ4n) is 6.50. The van der Waals surface area contributed by atoms with Gasteiger partial charge in [0.25, 0.3) is 5.69 Å². The van der Waals surface area contributed by atoms with Gasteiger partial charge in [0.2, 0.25) is 11.6 Å². The zero-order valence-electron chi connectivity index (χ0n) is 32.1. The number of carbonyl (C=O) groups is 4. The van der Waals surface area contributed by atoms with Crippen molar-refractivity contribution in [3.8, 4) is 0 Å². The molecule has 1 aromatic heterocycles. The Morgan fingerprint density at radius 2 is 1.38 bits per heavy atom. The highest BCUT2D eigenvalue weighted by Gasteiger charge is 2.28. The van der Waals surface area contributed by atoms with Crippen molar-refractivity contribution in [2.24, 2.45) is 34.0 Å². The Balaban J connectivity index is 1.90. The summed E-state index contributed by atoms with van der Waals surface area (Å²) in [6, 6.07) is 6.43. The summed E-state index contributed by atoms with van der Waals surface area (Å²) in [5.41, 5.74) is 1.18. The van der Waals surface area contributed by atoms with Crippen LogP contribution in [0.4, 0.5) is 5.69 Å². The van der Waals surface area contributed by atoms with Gasteiger partial charge >= 0.3 is 11.9 Å². The number of nitro groups is 1. The number of hydrogen-bond acceptors (Lipinski definition) is 11. The maximum atomic E-state index is 14.2. The topological polar surface area (TPSA) is 155 Å². The molecule has 0 bridgehead atoms. The van der Waals surface area contributed by atoms with Crippen molar-refractivity contribution in [3.05, 3.63) is 51.1 Å². The molecule has 0 N–H and O–H groups in total. The van der Waals surface area contributed by atoms with Crippen LogP contribution in [0.3, 0.4) is 0 Å². The fraction of sp³-hybridized carbons (Fsp3) is 0.561. The van der Waals surface area contributed by atoms with Crippen LogP contribution >= 0.6 is 11.3 Å². The van der Waals surface area contributed by atoms with E-state index in [4.69, 9.17) is 9.68 Å². The van der Waals surface area contributed by atoms with E-state index in [1.807, 2.05) is 13.0 Å². The molecule has 0 radical (unpaired) electrons. The number of ketones is 2. The van der Waals surface area contributed by atoms with Crippen molar-refractivity contribution in [1.29, 1.82) is 0 Å². The molecule has 53 heavy (non-hydrogen) atoms. The standard InChI is InChI=1S/C41H53N3O8S/c1-8-14-33(42-51-40(47)25(4)5)36(45)29-20-28(18-13-12-15-24(2)3)38-31(21-29)32-22-30(23-35(44(49)50)39(32)53-38)37(46)34(43-52-41(48)26(6)7)19-27-16-10-9-11-17-27/h20-27H,8-19H2,1-7H3/b42-33+,43-34+. The number of unbranched alkanes of at least 4 members (excludes halogenated alkanes) is 1. The quantitative estimate of drug-likeness (QED) is 0.0311. The highest BCUT2D eigenvalue weighted by Crippen LogP contribution is 2.43. The minimum atomic E-state index is -0.577. The largest absolute Gasteiger partial charge is 0.337 e. The van der Waals surface area contributed by atoms with E-state index in [9.17, 15) is 29.3 Å². The highest BCUT2D eigenvalue weighted by molar-refractivity contribution is 7.26.